The number of hydrogen-bond donors (Lipinski definition) is 1. The molecule has 0 unspecified atom stereocenters. The van der Waals surface area contributed by atoms with E-state index in [-0.39, 0.29) is 37.7 Å². The van der Waals surface area contributed by atoms with Crippen LogP contribution in [-0.2, 0) is 30.2 Å². The van der Waals surface area contributed by atoms with Crippen LogP contribution in [-0.4, -0.2) is 37.5 Å². The van der Waals surface area contributed by atoms with Gasteiger partial charge in [0.15, 0.2) is 0 Å². The zero-order valence-electron chi connectivity index (χ0n) is 15.6. The Morgan fingerprint density at radius 1 is 1.38 bits per heavy atom. The first-order chi connectivity index (χ1) is 12.0. The molecule has 2 aliphatic rings. The standard InChI is InChI=1S/C18H25F2N3O3/c1-11-7-14-13(9-22(11)16(25)26-17(2,3)4)15-18(19,20)6-5-12(10-24)8-23(15)21-14/h10-11,24H,5-9H2,1-4H3/b12-10-/t11-/m1/s1. The Morgan fingerprint density at radius 2 is 2.08 bits per heavy atom. The van der Waals surface area contributed by atoms with Gasteiger partial charge in [-0.15, -0.1) is 0 Å². The second-order valence-corrected chi connectivity index (χ2v) is 8.08. The number of allylic oxidation sites excluding steroid dienone is 1. The van der Waals surface area contributed by atoms with Crippen molar-refractivity contribution in [3.8, 4) is 0 Å². The van der Waals surface area contributed by atoms with Gasteiger partial charge in [0.05, 0.1) is 25.0 Å². The van der Waals surface area contributed by atoms with Gasteiger partial charge >= 0.3 is 6.09 Å². The molecule has 6 nitrogen and oxygen atoms in total. The van der Waals surface area contributed by atoms with E-state index < -0.39 is 17.6 Å². The minimum Gasteiger partial charge on any atom is -0.516 e. The first-order valence-corrected chi connectivity index (χ1v) is 8.80. The van der Waals surface area contributed by atoms with Crippen molar-refractivity contribution in [1.82, 2.24) is 14.7 Å². The molecule has 0 saturated carbocycles. The summed E-state index contributed by atoms with van der Waals surface area (Å²) in [6.07, 6.45) is 0.487. The molecule has 0 fully saturated rings. The van der Waals surface area contributed by atoms with Crippen LogP contribution >= 0.6 is 0 Å². The van der Waals surface area contributed by atoms with E-state index in [2.05, 4.69) is 5.10 Å². The predicted molar refractivity (Wildman–Crippen MR) is 91.0 cm³/mol. The maximum absolute atomic E-state index is 14.8. The average molecular weight is 369 g/mol. The largest absolute Gasteiger partial charge is 0.516 e. The number of ether oxygens (including phenoxy) is 1. The number of aliphatic hydroxyl groups excluding tert-OH is 1. The van der Waals surface area contributed by atoms with E-state index in [0.717, 1.165) is 6.26 Å². The number of nitrogens with zero attached hydrogens (tertiary/aromatic N) is 3. The topological polar surface area (TPSA) is 67.6 Å². The van der Waals surface area contributed by atoms with Gasteiger partial charge in [0.1, 0.15) is 11.3 Å². The summed E-state index contributed by atoms with van der Waals surface area (Å²) in [6.45, 7) is 7.35. The first kappa shape index (κ1) is 18.7. The second kappa shape index (κ2) is 6.25. The fraction of sp³-hybridized carbons (Fsp3) is 0.667. The molecule has 144 valence electrons. The number of carbonyl (C=O) groups excluding carboxylic acids is 1. The van der Waals surface area contributed by atoms with Crippen LogP contribution in [0.15, 0.2) is 11.8 Å². The molecule has 2 aliphatic heterocycles. The van der Waals surface area contributed by atoms with Crippen LogP contribution in [0, 0.1) is 0 Å². The quantitative estimate of drug-likeness (QED) is 0.705. The predicted octanol–water partition coefficient (Wildman–Crippen LogP) is 3.89. The summed E-state index contributed by atoms with van der Waals surface area (Å²) in [6, 6.07) is -0.196. The smallest absolute Gasteiger partial charge is 0.410 e. The Balaban J connectivity index is 1.98. The molecule has 1 N–H and O–H groups in total. The lowest BCUT2D eigenvalue weighted by molar-refractivity contribution is -0.0208. The maximum Gasteiger partial charge on any atom is 0.410 e. The van der Waals surface area contributed by atoms with Crippen molar-refractivity contribution in [3.63, 3.8) is 0 Å². The molecule has 1 atom stereocenters. The van der Waals surface area contributed by atoms with E-state index in [0.29, 0.717) is 23.3 Å². The molecule has 8 heteroatoms. The number of hydrogen-bond acceptors (Lipinski definition) is 4. The summed E-state index contributed by atoms with van der Waals surface area (Å²) in [5.41, 5.74) is 0.701. The van der Waals surface area contributed by atoms with Crippen LogP contribution in [0.2, 0.25) is 0 Å². The molecule has 0 aromatic carbocycles. The van der Waals surface area contributed by atoms with Crippen molar-refractivity contribution in [2.24, 2.45) is 0 Å². The average Bonchev–Trinajstić information content (AvgIpc) is 2.79. The van der Waals surface area contributed by atoms with Crippen LogP contribution < -0.4 is 0 Å². The number of halogens is 2. The fourth-order valence-electron chi connectivity index (χ4n) is 3.50. The Kier molecular flexibility index (Phi) is 4.48. The van der Waals surface area contributed by atoms with Gasteiger partial charge in [-0.05, 0) is 39.7 Å². The van der Waals surface area contributed by atoms with Gasteiger partial charge in [0.25, 0.3) is 5.92 Å². The van der Waals surface area contributed by atoms with Crippen LogP contribution in [0.5, 0.6) is 0 Å². The highest BCUT2D eigenvalue weighted by Gasteiger charge is 2.44. The summed E-state index contributed by atoms with van der Waals surface area (Å²) in [4.78, 5) is 14.0. The van der Waals surface area contributed by atoms with Gasteiger partial charge in [-0.2, -0.15) is 13.9 Å². The van der Waals surface area contributed by atoms with Crippen molar-refractivity contribution in [2.75, 3.05) is 0 Å². The molecule has 0 bridgehead atoms. The number of aromatic nitrogens is 2. The second-order valence-electron chi connectivity index (χ2n) is 8.08. The molecule has 1 aromatic heterocycles. The van der Waals surface area contributed by atoms with Crippen LogP contribution in [0.4, 0.5) is 13.6 Å². The Bertz CT molecular complexity index is 750. The Labute approximate surface area is 151 Å². The van der Waals surface area contributed by atoms with E-state index >= 15 is 0 Å². The molecule has 1 aromatic rings. The van der Waals surface area contributed by atoms with Gasteiger partial charge in [-0.1, -0.05) is 0 Å². The van der Waals surface area contributed by atoms with Gasteiger partial charge in [-0.3, -0.25) is 4.68 Å². The lowest BCUT2D eigenvalue weighted by atomic mass is 9.96. The molecule has 3 heterocycles. The molecule has 0 radical (unpaired) electrons. The number of carbonyl (C=O) groups is 1. The number of aliphatic hydroxyl groups is 1. The normalized spacial score (nSPS) is 24.0. The third kappa shape index (κ3) is 3.41. The van der Waals surface area contributed by atoms with Crippen LogP contribution in [0.25, 0.3) is 0 Å². The first-order valence-electron chi connectivity index (χ1n) is 8.80. The Hall–Kier alpha value is -2.12. The van der Waals surface area contributed by atoms with E-state index in [4.69, 9.17) is 4.74 Å². The highest BCUT2D eigenvalue weighted by atomic mass is 19.3. The zero-order chi connectivity index (χ0) is 19.3. The van der Waals surface area contributed by atoms with E-state index in [1.54, 1.807) is 20.8 Å². The van der Waals surface area contributed by atoms with Crippen LogP contribution in [0.3, 0.4) is 0 Å². The van der Waals surface area contributed by atoms with Crippen molar-refractivity contribution < 1.29 is 23.4 Å². The van der Waals surface area contributed by atoms with Gasteiger partial charge in [0, 0.05) is 24.4 Å². The molecule has 1 amide bonds. The monoisotopic (exact) mass is 369 g/mol. The molecule has 0 aliphatic carbocycles. The summed E-state index contributed by atoms with van der Waals surface area (Å²) in [7, 11) is 0. The highest BCUT2D eigenvalue weighted by Crippen LogP contribution is 2.42. The highest BCUT2D eigenvalue weighted by molar-refractivity contribution is 5.69. The summed E-state index contributed by atoms with van der Waals surface area (Å²) in [5, 5.41) is 13.6. The van der Waals surface area contributed by atoms with Crippen molar-refractivity contribution in [3.05, 3.63) is 28.8 Å². The van der Waals surface area contributed by atoms with Crippen molar-refractivity contribution in [2.45, 2.75) is 77.6 Å². The SMILES string of the molecule is C[C@@H]1Cc2nn3c(c2CN1C(=O)OC(C)(C)C)C(F)(F)CC/C(=C/O)C3. The minimum atomic E-state index is -3.06. The third-order valence-corrected chi connectivity index (χ3v) is 4.75. The van der Waals surface area contributed by atoms with E-state index in [9.17, 15) is 18.7 Å². The van der Waals surface area contributed by atoms with E-state index in [1.165, 1.54) is 9.58 Å². The van der Waals surface area contributed by atoms with Gasteiger partial charge in [-0.25, -0.2) is 4.79 Å². The summed E-state index contributed by atoms with van der Waals surface area (Å²) < 4.78 is 36.3. The zero-order valence-corrected chi connectivity index (χ0v) is 15.6. The molecular weight excluding hydrogens is 344 g/mol. The lowest BCUT2D eigenvalue weighted by Gasteiger charge is -2.35. The van der Waals surface area contributed by atoms with Crippen molar-refractivity contribution in [1.29, 1.82) is 0 Å². The maximum atomic E-state index is 14.8. The van der Waals surface area contributed by atoms with Crippen LogP contribution in [0.1, 0.15) is 57.5 Å². The number of amides is 1. The third-order valence-electron chi connectivity index (χ3n) is 4.75. The molecule has 0 saturated heterocycles. The fourth-order valence-corrected chi connectivity index (χ4v) is 3.50. The summed E-state index contributed by atoms with van der Waals surface area (Å²) >= 11 is 0. The van der Waals surface area contributed by atoms with Crippen molar-refractivity contribution >= 4 is 6.09 Å². The Morgan fingerprint density at radius 3 is 2.69 bits per heavy atom. The minimum absolute atomic E-state index is 0.0501. The number of rotatable bonds is 0. The molecule has 0 spiro atoms. The number of fused-ring (bicyclic) bond motifs is 3. The summed E-state index contributed by atoms with van der Waals surface area (Å²) in [5.74, 6) is -3.06. The van der Waals surface area contributed by atoms with Gasteiger partial charge < -0.3 is 14.7 Å². The molecule has 26 heavy (non-hydrogen) atoms. The van der Waals surface area contributed by atoms with E-state index in [1.807, 2.05) is 6.92 Å². The number of alkyl halides is 2. The molecule has 3 rings (SSSR count). The van der Waals surface area contributed by atoms with Gasteiger partial charge in [0.2, 0.25) is 0 Å². The lowest BCUT2D eigenvalue weighted by Crippen LogP contribution is -2.45. The molecular formula is C18H25F2N3O3.